The fourth-order valence-corrected chi connectivity index (χ4v) is 1.52. The van der Waals surface area contributed by atoms with Gasteiger partial charge in [0.05, 0.1) is 0 Å². The predicted molar refractivity (Wildman–Crippen MR) is 63.8 cm³/mol. The van der Waals surface area contributed by atoms with Crippen LogP contribution in [0.2, 0.25) is 0 Å². The summed E-state index contributed by atoms with van der Waals surface area (Å²) in [6, 6.07) is 5.69. The second-order valence-electron chi connectivity index (χ2n) is 3.01. The number of hydrogen-bond donors (Lipinski definition) is 3. The molecule has 0 saturated heterocycles. The molecule has 0 aliphatic carbocycles. The highest BCUT2D eigenvalue weighted by Crippen LogP contribution is 2.14. The Kier molecular flexibility index (Phi) is 2.77. The fraction of sp³-hybridized carbons (Fsp3) is 0.222. The van der Waals surface area contributed by atoms with E-state index in [9.17, 15) is 0 Å². The van der Waals surface area contributed by atoms with Crippen LogP contribution in [0.25, 0.3) is 11.0 Å². The van der Waals surface area contributed by atoms with Gasteiger partial charge in [-0.2, -0.15) is 15.4 Å². The van der Waals surface area contributed by atoms with Crippen LogP contribution in [-0.2, 0) is 0 Å². The summed E-state index contributed by atoms with van der Waals surface area (Å²) in [5.41, 5.74) is 2.57. The largest absolute Gasteiger partial charge is 0.363 e. The van der Waals surface area contributed by atoms with Gasteiger partial charge in [0.25, 0.3) is 0 Å². The first kappa shape index (κ1) is 9.85. The van der Waals surface area contributed by atoms with Crippen molar-refractivity contribution in [2.45, 2.75) is 6.92 Å². The molecule has 0 aliphatic heterocycles. The Morgan fingerprint density at radius 1 is 1.40 bits per heavy atom. The highest BCUT2D eigenvalue weighted by molar-refractivity contribution is 7.80. The van der Waals surface area contributed by atoms with Gasteiger partial charge in [0.2, 0.25) is 0 Å². The van der Waals surface area contributed by atoms with Crippen LogP contribution in [0.4, 0.5) is 5.69 Å². The van der Waals surface area contributed by atoms with Crippen LogP contribution in [0.5, 0.6) is 0 Å². The van der Waals surface area contributed by atoms with Crippen molar-refractivity contribution in [3.8, 4) is 0 Å². The van der Waals surface area contributed by atoms with Gasteiger partial charge in [-0.15, -0.1) is 0 Å². The molecule has 2 aromatic rings. The maximum Gasteiger partial charge on any atom is 0.170 e. The molecule has 78 valence electrons. The maximum absolute atomic E-state index is 5.07. The van der Waals surface area contributed by atoms with Gasteiger partial charge in [0.1, 0.15) is 11.0 Å². The lowest BCUT2D eigenvalue weighted by Gasteiger charge is -2.07. The molecule has 0 spiro atoms. The van der Waals surface area contributed by atoms with Crippen molar-refractivity contribution >= 4 is 34.1 Å². The van der Waals surface area contributed by atoms with Gasteiger partial charge in [-0.1, -0.05) is 0 Å². The molecule has 0 bridgehead atoms. The molecular weight excluding hydrogens is 210 g/mol. The summed E-state index contributed by atoms with van der Waals surface area (Å²) in [6.07, 6.45) is 0. The average Bonchev–Trinajstić information content (AvgIpc) is 2.65. The Morgan fingerprint density at radius 3 is 3.00 bits per heavy atom. The van der Waals surface area contributed by atoms with Gasteiger partial charge in [0, 0.05) is 12.2 Å². The number of fused-ring (bicyclic) bond motifs is 1. The Bertz CT molecular complexity index is 478. The number of aromatic amines is 1. The zero-order valence-corrected chi connectivity index (χ0v) is 9.06. The second kappa shape index (κ2) is 4.22. The topological polar surface area (TPSA) is 65.6 Å². The molecule has 6 heteroatoms. The van der Waals surface area contributed by atoms with Crippen LogP contribution in [0.3, 0.4) is 0 Å². The number of hydrogen-bond acceptors (Lipinski definition) is 3. The van der Waals surface area contributed by atoms with E-state index < -0.39 is 0 Å². The smallest absolute Gasteiger partial charge is 0.170 e. The molecule has 5 nitrogen and oxygen atoms in total. The molecule has 1 heterocycles. The number of nitrogens with one attached hydrogen (secondary N) is 3. The van der Waals surface area contributed by atoms with Crippen LogP contribution in [0.15, 0.2) is 18.2 Å². The number of benzene rings is 1. The molecule has 3 N–H and O–H groups in total. The zero-order valence-electron chi connectivity index (χ0n) is 8.24. The first-order chi connectivity index (χ1) is 7.29. The number of nitrogens with zero attached hydrogens (tertiary/aromatic N) is 2. The molecule has 0 fully saturated rings. The molecule has 1 aromatic carbocycles. The van der Waals surface area contributed by atoms with Crippen LogP contribution >= 0.6 is 12.2 Å². The molecule has 0 atom stereocenters. The quantitative estimate of drug-likeness (QED) is 0.666. The number of rotatable bonds is 2. The summed E-state index contributed by atoms with van der Waals surface area (Å²) in [5.74, 6) is 0. The van der Waals surface area contributed by atoms with E-state index in [2.05, 4.69) is 26.0 Å². The lowest BCUT2D eigenvalue weighted by Crippen LogP contribution is -2.27. The minimum Gasteiger partial charge on any atom is -0.363 e. The van der Waals surface area contributed by atoms with E-state index in [1.807, 2.05) is 25.1 Å². The van der Waals surface area contributed by atoms with E-state index in [0.29, 0.717) is 5.11 Å². The summed E-state index contributed by atoms with van der Waals surface area (Å²) in [5, 5.41) is 17.2. The van der Waals surface area contributed by atoms with E-state index in [1.54, 1.807) is 0 Å². The fourth-order valence-electron chi connectivity index (χ4n) is 1.25. The van der Waals surface area contributed by atoms with Gasteiger partial charge >= 0.3 is 0 Å². The minimum atomic E-state index is 0.611. The van der Waals surface area contributed by atoms with Crippen molar-refractivity contribution in [1.29, 1.82) is 0 Å². The van der Waals surface area contributed by atoms with Crippen LogP contribution in [0.1, 0.15) is 6.92 Å². The Labute approximate surface area is 92.3 Å². The summed E-state index contributed by atoms with van der Waals surface area (Å²) >= 11 is 5.07. The van der Waals surface area contributed by atoms with Crippen molar-refractivity contribution in [1.82, 2.24) is 20.7 Å². The van der Waals surface area contributed by atoms with Gasteiger partial charge in [-0.3, -0.25) is 0 Å². The number of thiocarbonyl (C=S) groups is 1. The second-order valence-corrected chi connectivity index (χ2v) is 3.42. The van der Waals surface area contributed by atoms with E-state index in [4.69, 9.17) is 12.2 Å². The Morgan fingerprint density at radius 2 is 2.20 bits per heavy atom. The van der Waals surface area contributed by atoms with E-state index >= 15 is 0 Å². The number of H-pyrrole nitrogens is 1. The van der Waals surface area contributed by atoms with E-state index in [-0.39, 0.29) is 0 Å². The highest BCUT2D eigenvalue weighted by Gasteiger charge is 2.00. The summed E-state index contributed by atoms with van der Waals surface area (Å²) in [6.45, 7) is 2.80. The summed E-state index contributed by atoms with van der Waals surface area (Å²) in [4.78, 5) is 0. The normalized spacial score (nSPS) is 10.2. The lowest BCUT2D eigenvalue weighted by atomic mass is 10.3. The summed E-state index contributed by atoms with van der Waals surface area (Å²) in [7, 11) is 0. The van der Waals surface area contributed by atoms with Gasteiger partial charge in [-0.25, -0.2) is 0 Å². The third kappa shape index (κ3) is 2.21. The van der Waals surface area contributed by atoms with Crippen molar-refractivity contribution < 1.29 is 0 Å². The van der Waals surface area contributed by atoms with Crippen molar-refractivity contribution in [3.63, 3.8) is 0 Å². The molecule has 0 amide bonds. The van der Waals surface area contributed by atoms with Crippen molar-refractivity contribution in [3.05, 3.63) is 18.2 Å². The molecule has 0 saturated carbocycles. The molecular formula is C9H11N5S. The molecule has 15 heavy (non-hydrogen) atoms. The third-order valence-corrected chi connectivity index (χ3v) is 2.16. The minimum absolute atomic E-state index is 0.611. The monoisotopic (exact) mass is 221 g/mol. The standard InChI is InChI=1S/C9H11N5S/c1-2-10-9(15)11-6-3-4-7-8(5-6)13-14-12-7/h3-5H,2H2,1H3,(H2,10,11,15)(H,12,13,14). The number of aromatic nitrogens is 3. The number of anilines is 1. The highest BCUT2D eigenvalue weighted by atomic mass is 32.1. The lowest BCUT2D eigenvalue weighted by molar-refractivity contribution is 0.959. The van der Waals surface area contributed by atoms with Crippen LogP contribution in [-0.4, -0.2) is 27.1 Å². The Hall–Kier alpha value is -1.69. The molecule has 1 aromatic heterocycles. The molecule has 2 rings (SSSR count). The van der Waals surface area contributed by atoms with Gasteiger partial charge in [-0.05, 0) is 37.3 Å². The summed E-state index contributed by atoms with van der Waals surface area (Å²) < 4.78 is 0. The predicted octanol–water partition coefficient (Wildman–Crippen LogP) is 1.26. The third-order valence-electron chi connectivity index (χ3n) is 1.91. The van der Waals surface area contributed by atoms with Crippen LogP contribution in [0, 0.1) is 0 Å². The van der Waals surface area contributed by atoms with Crippen LogP contribution < -0.4 is 10.6 Å². The van der Waals surface area contributed by atoms with E-state index in [1.165, 1.54) is 0 Å². The van der Waals surface area contributed by atoms with Gasteiger partial charge in [0.15, 0.2) is 5.11 Å². The van der Waals surface area contributed by atoms with Crippen molar-refractivity contribution in [2.75, 3.05) is 11.9 Å². The Balaban J connectivity index is 2.17. The molecule has 0 aliphatic rings. The average molecular weight is 221 g/mol. The first-order valence-electron chi connectivity index (χ1n) is 4.65. The van der Waals surface area contributed by atoms with Gasteiger partial charge < -0.3 is 10.6 Å². The molecule has 0 unspecified atom stereocenters. The molecule has 0 radical (unpaired) electrons. The first-order valence-corrected chi connectivity index (χ1v) is 5.06. The SMILES string of the molecule is CCNC(=S)Nc1ccc2n[nH]nc2c1. The van der Waals surface area contributed by atoms with Crippen molar-refractivity contribution in [2.24, 2.45) is 0 Å². The maximum atomic E-state index is 5.07. The zero-order chi connectivity index (χ0) is 10.7. The van der Waals surface area contributed by atoms with E-state index in [0.717, 1.165) is 23.3 Å².